The molecule has 0 aliphatic rings. The first-order valence-electron chi connectivity index (χ1n) is 9.19. The number of nitrogens with zero attached hydrogens (tertiary/aromatic N) is 1. The van der Waals surface area contributed by atoms with E-state index in [0.29, 0.717) is 17.5 Å². The Bertz CT molecular complexity index is 1080. The van der Waals surface area contributed by atoms with Crippen LogP contribution >= 0.6 is 0 Å². The molecule has 1 heterocycles. The number of hydrogen-bond donors (Lipinski definition) is 2. The van der Waals surface area contributed by atoms with Crippen LogP contribution in [0.25, 0.3) is 10.9 Å². The van der Waals surface area contributed by atoms with Crippen LogP contribution in [-0.4, -0.2) is 42.8 Å². The van der Waals surface area contributed by atoms with Crippen LogP contribution in [0.3, 0.4) is 0 Å². The van der Waals surface area contributed by atoms with Crippen LogP contribution in [0, 0.1) is 5.82 Å². The van der Waals surface area contributed by atoms with Gasteiger partial charge in [-0.1, -0.05) is 12.1 Å². The number of phenols is 1. The third-order valence-electron chi connectivity index (χ3n) is 4.54. The lowest BCUT2D eigenvalue weighted by Gasteiger charge is -2.14. The molecule has 1 aromatic heterocycles. The minimum absolute atomic E-state index is 0.106. The molecule has 0 aliphatic carbocycles. The monoisotopic (exact) mass is 412 g/mol. The Balaban J connectivity index is 2.05. The predicted octanol–water partition coefficient (Wildman–Crippen LogP) is 3.43. The lowest BCUT2D eigenvalue weighted by Crippen LogP contribution is -2.15. The number of ether oxygens (including phenoxy) is 2. The van der Waals surface area contributed by atoms with Crippen LogP contribution in [-0.2, 0) is 20.7 Å². The van der Waals surface area contributed by atoms with Crippen LogP contribution in [0.2, 0.25) is 0 Å². The fraction of sp³-hybridized carbons (Fsp3) is 0.227. The smallest absolute Gasteiger partial charge is 0.341 e. The largest absolute Gasteiger partial charge is 0.505 e. The van der Waals surface area contributed by atoms with E-state index in [2.05, 4.69) is 10.3 Å². The lowest BCUT2D eigenvalue weighted by molar-refractivity contribution is -0.117. The standard InChI is InChI=1S/C22H21FN2O5/c1-29-8-7-19(26)25-18-11-17(22(28)30-2)21(27)20-16(18)10-14(12-24-20)9-13-3-5-15(23)6-4-13/h3-6,10-12,27H,7-9H2,1-2H3,(H,25,26). The van der Waals surface area contributed by atoms with Crippen LogP contribution in [0.5, 0.6) is 5.75 Å². The summed E-state index contributed by atoms with van der Waals surface area (Å²) in [7, 11) is 2.69. The van der Waals surface area contributed by atoms with Crippen LogP contribution in [0.1, 0.15) is 27.9 Å². The SMILES string of the molecule is COCCC(=O)Nc1cc(C(=O)OC)c(O)c2ncc(Cc3ccc(F)cc3)cc12. The van der Waals surface area contributed by atoms with Gasteiger partial charge >= 0.3 is 5.97 Å². The maximum absolute atomic E-state index is 13.1. The topological polar surface area (TPSA) is 97.8 Å². The van der Waals surface area contributed by atoms with Crippen molar-refractivity contribution in [3.8, 4) is 5.75 Å². The summed E-state index contributed by atoms with van der Waals surface area (Å²) < 4.78 is 22.8. The molecule has 0 bridgehead atoms. The summed E-state index contributed by atoms with van der Waals surface area (Å²) >= 11 is 0. The van der Waals surface area contributed by atoms with E-state index < -0.39 is 5.97 Å². The summed E-state index contributed by atoms with van der Waals surface area (Å²) in [6, 6.07) is 9.21. The van der Waals surface area contributed by atoms with E-state index in [1.807, 2.05) is 0 Å². The van der Waals surface area contributed by atoms with Gasteiger partial charge in [-0.2, -0.15) is 0 Å². The first-order valence-corrected chi connectivity index (χ1v) is 9.19. The van der Waals surface area contributed by atoms with Gasteiger partial charge in [-0.05, 0) is 41.8 Å². The number of amides is 1. The second-order valence-electron chi connectivity index (χ2n) is 6.65. The van der Waals surface area contributed by atoms with Gasteiger partial charge in [-0.3, -0.25) is 9.78 Å². The summed E-state index contributed by atoms with van der Waals surface area (Å²) in [4.78, 5) is 28.6. The molecule has 30 heavy (non-hydrogen) atoms. The number of carbonyl (C=O) groups is 2. The number of aromatic nitrogens is 1. The number of esters is 1. The summed E-state index contributed by atoms with van der Waals surface area (Å²) in [6.07, 6.45) is 2.15. The number of hydrogen-bond acceptors (Lipinski definition) is 6. The zero-order chi connectivity index (χ0) is 21.7. The van der Waals surface area contributed by atoms with Crippen molar-refractivity contribution < 1.29 is 28.6 Å². The molecule has 0 saturated carbocycles. The molecule has 0 atom stereocenters. The van der Waals surface area contributed by atoms with Crippen molar-refractivity contribution in [2.45, 2.75) is 12.8 Å². The van der Waals surface area contributed by atoms with Gasteiger partial charge in [0.15, 0.2) is 5.75 Å². The summed E-state index contributed by atoms with van der Waals surface area (Å²) in [5.41, 5.74) is 2.02. The van der Waals surface area contributed by atoms with E-state index in [1.54, 1.807) is 24.4 Å². The Labute approximate surface area is 172 Å². The van der Waals surface area contributed by atoms with E-state index in [4.69, 9.17) is 9.47 Å². The van der Waals surface area contributed by atoms with Crippen molar-refractivity contribution in [3.63, 3.8) is 0 Å². The van der Waals surface area contributed by atoms with E-state index in [0.717, 1.165) is 11.1 Å². The maximum atomic E-state index is 13.1. The zero-order valence-electron chi connectivity index (χ0n) is 16.6. The number of pyridine rings is 1. The number of aromatic hydroxyl groups is 1. The highest BCUT2D eigenvalue weighted by Gasteiger charge is 2.20. The first-order chi connectivity index (χ1) is 14.4. The zero-order valence-corrected chi connectivity index (χ0v) is 16.6. The predicted molar refractivity (Wildman–Crippen MR) is 109 cm³/mol. The molecular weight excluding hydrogens is 391 g/mol. The van der Waals surface area contributed by atoms with Crippen LogP contribution < -0.4 is 5.32 Å². The van der Waals surface area contributed by atoms with Crippen molar-refractivity contribution in [2.75, 3.05) is 26.1 Å². The van der Waals surface area contributed by atoms with Gasteiger partial charge in [0.25, 0.3) is 0 Å². The molecule has 1 amide bonds. The van der Waals surface area contributed by atoms with Crippen molar-refractivity contribution >= 4 is 28.5 Å². The quantitative estimate of drug-likeness (QED) is 0.456. The molecule has 7 nitrogen and oxygen atoms in total. The number of carbonyl (C=O) groups excluding carboxylic acids is 2. The van der Waals surface area contributed by atoms with E-state index in [-0.39, 0.29) is 41.6 Å². The number of phenolic OH excluding ortho intramolecular Hbond substituents is 1. The van der Waals surface area contributed by atoms with Gasteiger partial charge in [0, 0.05) is 18.7 Å². The number of anilines is 1. The molecule has 8 heteroatoms. The molecule has 0 fully saturated rings. The Kier molecular flexibility index (Phi) is 6.58. The number of rotatable bonds is 7. The fourth-order valence-electron chi connectivity index (χ4n) is 3.03. The number of fused-ring (bicyclic) bond motifs is 1. The van der Waals surface area contributed by atoms with Gasteiger partial charge in [0.1, 0.15) is 16.9 Å². The Hall–Kier alpha value is -3.52. The van der Waals surface area contributed by atoms with Gasteiger partial charge in [-0.25, -0.2) is 9.18 Å². The van der Waals surface area contributed by atoms with Crippen molar-refractivity contribution in [2.24, 2.45) is 0 Å². The normalized spacial score (nSPS) is 10.8. The number of methoxy groups -OCH3 is 2. The Morgan fingerprint density at radius 1 is 1.13 bits per heavy atom. The lowest BCUT2D eigenvalue weighted by atomic mass is 10.0. The Morgan fingerprint density at radius 3 is 2.53 bits per heavy atom. The summed E-state index contributed by atoms with van der Waals surface area (Å²) in [6.45, 7) is 0.236. The molecule has 0 aliphatic heterocycles. The highest BCUT2D eigenvalue weighted by molar-refractivity contribution is 6.08. The summed E-state index contributed by atoms with van der Waals surface area (Å²) in [5, 5.41) is 13.7. The molecule has 2 aromatic carbocycles. The van der Waals surface area contributed by atoms with Crippen molar-refractivity contribution in [3.05, 3.63) is 65.1 Å². The summed E-state index contributed by atoms with van der Waals surface area (Å²) in [5.74, 6) is -1.72. The minimum Gasteiger partial charge on any atom is -0.505 e. The number of benzene rings is 2. The molecule has 0 radical (unpaired) electrons. The van der Waals surface area contributed by atoms with E-state index in [1.165, 1.54) is 32.4 Å². The fourth-order valence-corrected chi connectivity index (χ4v) is 3.03. The van der Waals surface area contributed by atoms with Gasteiger partial charge in [0.05, 0.1) is 25.8 Å². The minimum atomic E-state index is -0.751. The molecule has 0 saturated heterocycles. The average Bonchev–Trinajstić information content (AvgIpc) is 2.75. The Morgan fingerprint density at radius 2 is 1.87 bits per heavy atom. The third-order valence-corrected chi connectivity index (χ3v) is 4.54. The average molecular weight is 412 g/mol. The van der Waals surface area contributed by atoms with E-state index in [9.17, 15) is 19.1 Å². The number of halogens is 1. The molecule has 0 unspecified atom stereocenters. The van der Waals surface area contributed by atoms with Gasteiger partial charge in [0.2, 0.25) is 5.91 Å². The third kappa shape index (κ3) is 4.72. The molecule has 156 valence electrons. The first kappa shape index (κ1) is 21.2. The van der Waals surface area contributed by atoms with Gasteiger partial charge < -0.3 is 19.9 Å². The highest BCUT2D eigenvalue weighted by Crippen LogP contribution is 2.34. The molecular formula is C22H21FN2O5. The molecule has 3 aromatic rings. The van der Waals surface area contributed by atoms with Crippen molar-refractivity contribution in [1.82, 2.24) is 4.98 Å². The van der Waals surface area contributed by atoms with Crippen LogP contribution in [0.15, 0.2) is 42.6 Å². The molecule has 3 rings (SSSR count). The maximum Gasteiger partial charge on any atom is 0.341 e. The van der Waals surface area contributed by atoms with E-state index >= 15 is 0 Å². The molecule has 0 spiro atoms. The second kappa shape index (κ2) is 9.32. The second-order valence-corrected chi connectivity index (χ2v) is 6.65. The molecule has 2 N–H and O–H groups in total. The highest BCUT2D eigenvalue weighted by atomic mass is 19.1. The van der Waals surface area contributed by atoms with Crippen LogP contribution in [0.4, 0.5) is 10.1 Å². The van der Waals surface area contributed by atoms with Gasteiger partial charge in [-0.15, -0.1) is 0 Å². The van der Waals surface area contributed by atoms with Crippen molar-refractivity contribution in [1.29, 1.82) is 0 Å². The number of nitrogens with one attached hydrogen (secondary N) is 1.